The predicted molar refractivity (Wildman–Crippen MR) is 120 cm³/mol. The fourth-order valence-electron chi connectivity index (χ4n) is 3.13. The third kappa shape index (κ3) is 4.58. The number of anilines is 1. The van der Waals surface area contributed by atoms with Crippen LogP contribution in [0.3, 0.4) is 0 Å². The van der Waals surface area contributed by atoms with E-state index < -0.39 is 0 Å². The van der Waals surface area contributed by atoms with E-state index in [0.29, 0.717) is 44.0 Å². The second kappa shape index (κ2) is 8.38. The Labute approximate surface area is 183 Å². The summed E-state index contributed by atoms with van der Waals surface area (Å²) in [7, 11) is 0. The lowest BCUT2D eigenvalue weighted by molar-refractivity contribution is -0.118. The average Bonchev–Trinajstić information content (AvgIpc) is 3.10. The van der Waals surface area contributed by atoms with Crippen molar-refractivity contribution in [3.05, 3.63) is 75.8 Å². The molecule has 30 heavy (non-hydrogen) atoms. The number of oxazole rings is 1. The number of benzene rings is 3. The topological polar surface area (TPSA) is 64.4 Å². The van der Waals surface area contributed by atoms with Crippen molar-refractivity contribution in [1.29, 1.82) is 0 Å². The Hall–Kier alpha value is -3.02. The number of carbonyl (C=O) groups excluding carboxylic acids is 1. The Morgan fingerprint density at radius 1 is 1.03 bits per heavy atom. The van der Waals surface area contributed by atoms with Gasteiger partial charge in [0.1, 0.15) is 11.3 Å². The quantitative estimate of drug-likeness (QED) is 0.387. The van der Waals surface area contributed by atoms with Crippen LogP contribution in [0, 0.1) is 13.8 Å². The third-order valence-electron chi connectivity index (χ3n) is 4.40. The molecule has 1 N–H and O–H groups in total. The van der Waals surface area contributed by atoms with Gasteiger partial charge in [0.2, 0.25) is 5.89 Å². The van der Waals surface area contributed by atoms with Crippen molar-refractivity contribution < 1.29 is 13.9 Å². The number of aryl methyl sites for hydroxylation is 2. The van der Waals surface area contributed by atoms with Gasteiger partial charge in [-0.3, -0.25) is 4.79 Å². The first-order chi connectivity index (χ1) is 14.4. The molecule has 152 valence electrons. The lowest BCUT2D eigenvalue weighted by Gasteiger charge is -2.10. The molecule has 0 saturated carbocycles. The normalized spacial score (nSPS) is 10.9. The van der Waals surface area contributed by atoms with E-state index in [0.717, 1.165) is 11.1 Å². The molecule has 3 aromatic carbocycles. The summed E-state index contributed by atoms with van der Waals surface area (Å²) in [5.41, 5.74) is 4.54. The molecule has 4 rings (SSSR count). The van der Waals surface area contributed by atoms with Crippen molar-refractivity contribution in [3.63, 3.8) is 0 Å². The maximum absolute atomic E-state index is 12.4. The molecule has 0 atom stereocenters. The number of hydrogen-bond donors (Lipinski definition) is 1. The molecule has 0 bridgehead atoms. The zero-order chi connectivity index (χ0) is 21.3. The van der Waals surface area contributed by atoms with E-state index in [-0.39, 0.29) is 12.5 Å². The number of halogens is 2. The SMILES string of the molecule is Cc1cc(C)cc(OCC(=O)Nc2cc(-c3nc4cc(Cl)ccc4o3)ccc2Cl)c1. The minimum Gasteiger partial charge on any atom is -0.484 e. The second-order valence-corrected chi connectivity index (χ2v) is 7.83. The molecular formula is C23H18Cl2N2O3. The number of hydrogen-bond acceptors (Lipinski definition) is 4. The number of nitrogens with one attached hydrogen (secondary N) is 1. The highest BCUT2D eigenvalue weighted by Crippen LogP contribution is 2.31. The van der Waals surface area contributed by atoms with E-state index >= 15 is 0 Å². The highest BCUT2D eigenvalue weighted by molar-refractivity contribution is 6.33. The first-order valence-electron chi connectivity index (χ1n) is 9.24. The van der Waals surface area contributed by atoms with Gasteiger partial charge in [0.25, 0.3) is 5.91 Å². The third-order valence-corrected chi connectivity index (χ3v) is 4.97. The van der Waals surface area contributed by atoms with E-state index in [1.807, 2.05) is 32.0 Å². The number of fused-ring (bicyclic) bond motifs is 1. The Kier molecular flexibility index (Phi) is 5.66. The monoisotopic (exact) mass is 440 g/mol. The van der Waals surface area contributed by atoms with Crippen molar-refractivity contribution >= 4 is 45.9 Å². The lowest BCUT2D eigenvalue weighted by Crippen LogP contribution is -2.20. The largest absolute Gasteiger partial charge is 0.484 e. The number of aromatic nitrogens is 1. The van der Waals surface area contributed by atoms with Gasteiger partial charge >= 0.3 is 0 Å². The smallest absolute Gasteiger partial charge is 0.262 e. The highest BCUT2D eigenvalue weighted by atomic mass is 35.5. The van der Waals surface area contributed by atoms with Gasteiger partial charge < -0.3 is 14.5 Å². The van der Waals surface area contributed by atoms with Crippen molar-refractivity contribution in [1.82, 2.24) is 4.98 Å². The first-order valence-corrected chi connectivity index (χ1v) is 10.00. The molecule has 0 aliphatic carbocycles. The summed E-state index contributed by atoms with van der Waals surface area (Å²) in [4.78, 5) is 16.8. The van der Waals surface area contributed by atoms with Gasteiger partial charge in [-0.25, -0.2) is 4.98 Å². The predicted octanol–water partition coefficient (Wildman–Crippen LogP) is 6.44. The van der Waals surface area contributed by atoms with Gasteiger partial charge in [0, 0.05) is 10.6 Å². The van der Waals surface area contributed by atoms with E-state index in [1.165, 1.54) is 0 Å². The standard InChI is InChI=1S/C23H18Cl2N2O3/c1-13-7-14(2)9-17(8-13)29-12-22(28)26-19-10-15(3-5-18(19)25)23-27-20-11-16(24)4-6-21(20)30-23/h3-11H,12H2,1-2H3,(H,26,28). The summed E-state index contributed by atoms with van der Waals surface area (Å²) in [6.07, 6.45) is 0. The molecule has 1 amide bonds. The van der Waals surface area contributed by atoms with Crippen LogP contribution >= 0.6 is 23.2 Å². The van der Waals surface area contributed by atoms with Crippen molar-refractivity contribution in [3.8, 4) is 17.2 Å². The van der Waals surface area contributed by atoms with Crippen LogP contribution in [0.2, 0.25) is 10.0 Å². The molecular weight excluding hydrogens is 423 g/mol. The van der Waals surface area contributed by atoms with Crippen molar-refractivity contribution in [2.75, 3.05) is 11.9 Å². The van der Waals surface area contributed by atoms with E-state index in [1.54, 1.807) is 36.4 Å². The molecule has 0 unspecified atom stereocenters. The summed E-state index contributed by atoms with van der Waals surface area (Å²) >= 11 is 12.3. The number of rotatable bonds is 5. The number of carbonyl (C=O) groups is 1. The lowest BCUT2D eigenvalue weighted by atomic mass is 10.1. The molecule has 0 saturated heterocycles. The summed E-state index contributed by atoms with van der Waals surface area (Å²) in [6.45, 7) is 3.82. The first kappa shape index (κ1) is 20.3. The van der Waals surface area contributed by atoms with Gasteiger partial charge in [-0.05, 0) is 73.5 Å². The van der Waals surface area contributed by atoms with Crippen LogP contribution in [0.15, 0.2) is 59.0 Å². The van der Waals surface area contributed by atoms with Crippen molar-refractivity contribution in [2.24, 2.45) is 0 Å². The van der Waals surface area contributed by atoms with Gasteiger partial charge in [-0.2, -0.15) is 0 Å². The van der Waals surface area contributed by atoms with Crippen LogP contribution in [0.25, 0.3) is 22.6 Å². The Bertz CT molecular complexity index is 1230. The summed E-state index contributed by atoms with van der Waals surface area (Å²) < 4.78 is 11.4. The minimum atomic E-state index is -0.322. The fourth-order valence-corrected chi connectivity index (χ4v) is 3.46. The van der Waals surface area contributed by atoms with E-state index in [9.17, 15) is 4.79 Å². The summed E-state index contributed by atoms with van der Waals surface area (Å²) in [5, 5.41) is 3.76. The van der Waals surface area contributed by atoms with E-state index in [2.05, 4.69) is 10.3 Å². The van der Waals surface area contributed by atoms with Crippen LogP contribution in [0.1, 0.15) is 11.1 Å². The van der Waals surface area contributed by atoms with Crippen LogP contribution in [-0.4, -0.2) is 17.5 Å². The Balaban J connectivity index is 1.50. The van der Waals surface area contributed by atoms with Crippen LogP contribution < -0.4 is 10.1 Å². The Morgan fingerprint density at radius 3 is 2.57 bits per heavy atom. The van der Waals surface area contributed by atoms with E-state index in [4.69, 9.17) is 32.4 Å². The van der Waals surface area contributed by atoms with Gasteiger partial charge in [0.15, 0.2) is 12.2 Å². The van der Waals surface area contributed by atoms with Gasteiger partial charge in [0.05, 0.1) is 10.7 Å². The molecule has 0 radical (unpaired) electrons. The average molecular weight is 441 g/mol. The van der Waals surface area contributed by atoms with Crippen LogP contribution in [0.5, 0.6) is 5.75 Å². The number of amides is 1. The molecule has 7 heteroatoms. The molecule has 0 aliphatic heterocycles. The number of nitrogens with zero attached hydrogens (tertiary/aromatic N) is 1. The van der Waals surface area contributed by atoms with Crippen molar-refractivity contribution in [2.45, 2.75) is 13.8 Å². The molecule has 0 fully saturated rings. The molecule has 1 heterocycles. The number of ether oxygens (including phenoxy) is 1. The minimum absolute atomic E-state index is 0.134. The zero-order valence-electron chi connectivity index (χ0n) is 16.3. The summed E-state index contributed by atoms with van der Waals surface area (Å²) in [6, 6.07) is 16.2. The van der Waals surface area contributed by atoms with Crippen LogP contribution in [-0.2, 0) is 4.79 Å². The fraction of sp³-hybridized carbons (Fsp3) is 0.130. The second-order valence-electron chi connectivity index (χ2n) is 6.99. The van der Waals surface area contributed by atoms with Gasteiger partial charge in [-0.15, -0.1) is 0 Å². The summed E-state index contributed by atoms with van der Waals surface area (Å²) in [5.74, 6) is 0.733. The maximum atomic E-state index is 12.4. The molecule has 0 aliphatic rings. The Morgan fingerprint density at radius 2 is 1.80 bits per heavy atom. The molecule has 5 nitrogen and oxygen atoms in total. The molecule has 1 aromatic heterocycles. The highest BCUT2D eigenvalue weighted by Gasteiger charge is 2.13. The van der Waals surface area contributed by atoms with Crippen LogP contribution in [0.4, 0.5) is 5.69 Å². The zero-order valence-corrected chi connectivity index (χ0v) is 17.8. The van der Waals surface area contributed by atoms with Gasteiger partial charge in [-0.1, -0.05) is 29.3 Å². The maximum Gasteiger partial charge on any atom is 0.262 e. The molecule has 0 spiro atoms. The molecule has 4 aromatic rings.